The van der Waals surface area contributed by atoms with Crippen LogP contribution in [0.1, 0.15) is 0 Å². The van der Waals surface area contributed by atoms with Gasteiger partial charge in [-0.25, -0.2) is 8.42 Å². The molecule has 0 aromatic carbocycles. The SMILES string of the molecule is COCCOCCN(CCOCCOC)S(=O)(=O)[C@@H]1O[C@@H](CO)[C@H](O)[C@H]1O. The normalized spacial score (nSPS) is 26.1. The summed E-state index contributed by atoms with van der Waals surface area (Å²) in [4.78, 5) is 0. The van der Waals surface area contributed by atoms with Crippen molar-refractivity contribution in [2.45, 2.75) is 23.7 Å². The molecule has 162 valence electrons. The number of rotatable bonds is 15. The second-order valence-corrected chi connectivity index (χ2v) is 7.87. The summed E-state index contributed by atoms with van der Waals surface area (Å²) in [6.07, 6.45) is -4.33. The highest BCUT2D eigenvalue weighted by Crippen LogP contribution is 2.27. The smallest absolute Gasteiger partial charge is 0.244 e. The van der Waals surface area contributed by atoms with Crippen LogP contribution >= 0.6 is 0 Å². The van der Waals surface area contributed by atoms with Gasteiger partial charge in [0, 0.05) is 27.3 Å². The molecule has 1 aliphatic rings. The molecule has 0 aromatic heterocycles. The number of hydrogen-bond acceptors (Lipinski definition) is 10. The number of hydrogen-bond donors (Lipinski definition) is 3. The Balaban J connectivity index is 2.72. The van der Waals surface area contributed by atoms with E-state index in [2.05, 4.69) is 0 Å². The van der Waals surface area contributed by atoms with Crippen molar-refractivity contribution in [3.63, 3.8) is 0 Å². The quantitative estimate of drug-likeness (QED) is 0.242. The lowest BCUT2D eigenvalue weighted by atomic mass is 10.2. The van der Waals surface area contributed by atoms with Crippen LogP contribution in [0.5, 0.6) is 0 Å². The molecular weight excluding hydrogens is 386 g/mol. The third kappa shape index (κ3) is 7.49. The molecule has 12 heteroatoms. The van der Waals surface area contributed by atoms with Crippen LogP contribution in [0.4, 0.5) is 0 Å². The van der Waals surface area contributed by atoms with Crippen LogP contribution < -0.4 is 0 Å². The molecule has 11 nitrogen and oxygen atoms in total. The zero-order chi connectivity index (χ0) is 20.3. The predicted octanol–water partition coefficient (Wildman–Crippen LogP) is -2.62. The largest absolute Gasteiger partial charge is 0.394 e. The Hall–Kier alpha value is -0.410. The zero-order valence-electron chi connectivity index (χ0n) is 15.7. The first-order chi connectivity index (χ1) is 12.9. The van der Waals surface area contributed by atoms with Crippen molar-refractivity contribution in [1.82, 2.24) is 4.31 Å². The van der Waals surface area contributed by atoms with Crippen LogP contribution in [0.2, 0.25) is 0 Å². The summed E-state index contributed by atoms with van der Waals surface area (Å²) in [5.74, 6) is 0. The van der Waals surface area contributed by atoms with E-state index in [9.17, 15) is 18.6 Å². The maximum absolute atomic E-state index is 12.9. The molecule has 0 aromatic rings. The van der Waals surface area contributed by atoms with Gasteiger partial charge in [0.25, 0.3) is 0 Å². The number of ether oxygens (including phenoxy) is 5. The van der Waals surface area contributed by atoms with Crippen LogP contribution in [-0.4, -0.2) is 125 Å². The predicted molar refractivity (Wildman–Crippen MR) is 93.6 cm³/mol. The Kier molecular flexibility index (Phi) is 11.8. The number of aliphatic hydroxyl groups excluding tert-OH is 3. The van der Waals surface area contributed by atoms with Gasteiger partial charge in [-0.05, 0) is 0 Å². The van der Waals surface area contributed by atoms with E-state index < -0.39 is 40.4 Å². The highest BCUT2D eigenvalue weighted by atomic mass is 32.2. The van der Waals surface area contributed by atoms with E-state index in [1.54, 1.807) is 0 Å². The van der Waals surface area contributed by atoms with E-state index >= 15 is 0 Å². The van der Waals surface area contributed by atoms with Gasteiger partial charge in [-0.1, -0.05) is 0 Å². The molecule has 0 saturated carbocycles. The van der Waals surface area contributed by atoms with Crippen LogP contribution in [0.3, 0.4) is 0 Å². The van der Waals surface area contributed by atoms with Crippen molar-refractivity contribution in [3.05, 3.63) is 0 Å². The fourth-order valence-electron chi connectivity index (χ4n) is 2.45. The maximum atomic E-state index is 12.9. The van der Waals surface area contributed by atoms with Gasteiger partial charge in [0.05, 0.1) is 46.2 Å². The first kappa shape index (κ1) is 24.6. The fourth-order valence-corrected chi connectivity index (χ4v) is 4.19. The summed E-state index contributed by atoms with van der Waals surface area (Å²) >= 11 is 0. The molecule has 1 heterocycles. The Morgan fingerprint density at radius 3 is 1.81 bits per heavy atom. The van der Waals surface area contributed by atoms with Crippen molar-refractivity contribution in [3.8, 4) is 0 Å². The summed E-state index contributed by atoms with van der Waals surface area (Å²) < 4.78 is 52.3. The Labute approximate surface area is 159 Å². The third-order valence-electron chi connectivity index (χ3n) is 3.99. The summed E-state index contributed by atoms with van der Waals surface area (Å²) in [6.45, 7) is 0.988. The van der Waals surface area contributed by atoms with Crippen molar-refractivity contribution < 1.29 is 47.4 Å². The molecule has 0 aliphatic carbocycles. The standard InChI is InChI=1S/C15H31NO10S/c1-22-7-9-24-5-3-16(4-6-25-10-8-23-2)27(20,21)15-14(19)13(18)12(11-17)26-15/h12-15,17-19H,3-11H2,1-2H3/t12-,13-,14+,15-/m0/s1. The first-order valence-corrected chi connectivity index (χ1v) is 10.1. The van der Waals surface area contributed by atoms with Crippen LogP contribution in [0.15, 0.2) is 0 Å². The fraction of sp³-hybridized carbons (Fsp3) is 1.00. The second kappa shape index (κ2) is 12.9. The summed E-state index contributed by atoms with van der Waals surface area (Å²) in [6, 6.07) is 0. The van der Waals surface area contributed by atoms with Crippen LogP contribution in [0.25, 0.3) is 0 Å². The number of nitrogens with zero attached hydrogens (tertiary/aromatic N) is 1. The molecule has 0 bridgehead atoms. The number of sulfonamides is 1. The van der Waals surface area contributed by atoms with E-state index in [0.29, 0.717) is 26.4 Å². The number of aliphatic hydroxyl groups is 3. The monoisotopic (exact) mass is 417 g/mol. The Bertz CT molecular complexity index is 477. The zero-order valence-corrected chi connectivity index (χ0v) is 16.5. The average Bonchev–Trinajstić information content (AvgIpc) is 2.94. The molecule has 1 saturated heterocycles. The van der Waals surface area contributed by atoms with Crippen molar-refractivity contribution in [1.29, 1.82) is 0 Å². The van der Waals surface area contributed by atoms with Crippen LogP contribution in [-0.2, 0) is 33.7 Å². The molecule has 0 amide bonds. The lowest BCUT2D eigenvalue weighted by Crippen LogP contribution is -2.47. The van der Waals surface area contributed by atoms with Crippen LogP contribution in [0, 0.1) is 0 Å². The van der Waals surface area contributed by atoms with Gasteiger partial charge in [-0.2, -0.15) is 4.31 Å². The Morgan fingerprint density at radius 2 is 1.41 bits per heavy atom. The first-order valence-electron chi connectivity index (χ1n) is 8.64. The van der Waals surface area contributed by atoms with E-state index in [1.807, 2.05) is 0 Å². The second-order valence-electron chi connectivity index (χ2n) is 5.86. The van der Waals surface area contributed by atoms with Gasteiger partial charge < -0.3 is 39.0 Å². The average molecular weight is 417 g/mol. The molecular formula is C15H31NO10S. The van der Waals surface area contributed by atoms with E-state index in [4.69, 9.17) is 28.8 Å². The highest BCUT2D eigenvalue weighted by Gasteiger charge is 2.50. The molecule has 1 fully saturated rings. The van der Waals surface area contributed by atoms with Crippen molar-refractivity contribution >= 4 is 10.0 Å². The summed E-state index contributed by atoms with van der Waals surface area (Å²) in [5, 5.41) is 29.0. The van der Waals surface area contributed by atoms with Gasteiger partial charge in [0.2, 0.25) is 15.5 Å². The molecule has 1 rings (SSSR count). The molecule has 0 unspecified atom stereocenters. The van der Waals surface area contributed by atoms with Gasteiger partial charge in [0.15, 0.2) is 0 Å². The van der Waals surface area contributed by atoms with Gasteiger partial charge in [-0.3, -0.25) is 0 Å². The molecule has 0 spiro atoms. The lowest BCUT2D eigenvalue weighted by Gasteiger charge is -2.26. The summed E-state index contributed by atoms with van der Waals surface area (Å²) in [5.41, 5.74) is -1.68. The van der Waals surface area contributed by atoms with E-state index in [-0.39, 0.29) is 26.3 Å². The molecule has 4 atom stereocenters. The minimum Gasteiger partial charge on any atom is -0.394 e. The highest BCUT2D eigenvalue weighted by molar-refractivity contribution is 7.89. The third-order valence-corrected chi connectivity index (χ3v) is 6.05. The van der Waals surface area contributed by atoms with Crippen molar-refractivity contribution in [2.75, 3.05) is 73.6 Å². The Morgan fingerprint density at radius 1 is 0.889 bits per heavy atom. The number of methoxy groups -OCH3 is 2. The lowest BCUT2D eigenvalue weighted by molar-refractivity contribution is -0.00950. The van der Waals surface area contributed by atoms with Gasteiger partial charge in [-0.15, -0.1) is 0 Å². The van der Waals surface area contributed by atoms with E-state index in [0.717, 1.165) is 4.31 Å². The topological polar surface area (TPSA) is 144 Å². The minimum absolute atomic E-state index is 0.00610. The summed E-state index contributed by atoms with van der Waals surface area (Å²) in [7, 11) is -1.09. The van der Waals surface area contributed by atoms with E-state index in [1.165, 1.54) is 14.2 Å². The van der Waals surface area contributed by atoms with Gasteiger partial charge >= 0.3 is 0 Å². The minimum atomic E-state index is -4.14. The van der Waals surface area contributed by atoms with Crippen molar-refractivity contribution in [2.24, 2.45) is 0 Å². The van der Waals surface area contributed by atoms with Gasteiger partial charge in [0.1, 0.15) is 18.3 Å². The molecule has 3 N–H and O–H groups in total. The molecule has 1 aliphatic heterocycles. The maximum Gasteiger partial charge on any atom is 0.244 e. The molecule has 0 radical (unpaired) electrons. The molecule has 27 heavy (non-hydrogen) atoms.